The van der Waals surface area contributed by atoms with Crippen molar-refractivity contribution in [2.75, 3.05) is 7.11 Å². The first-order valence-corrected chi connectivity index (χ1v) is 8.51. The Morgan fingerprint density at radius 3 is 2.69 bits per heavy atom. The van der Waals surface area contributed by atoms with Crippen LogP contribution in [-0.2, 0) is 19.7 Å². The molecule has 26 heavy (non-hydrogen) atoms. The lowest BCUT2D eigenvalue weighted by Gasteiger charge is -2.13. The number of halogens is 2. The molecule has 2 aromatic carbocycles. The lowest BCUT2D eigenvalue weighted by atomic mass is 10.2. The molecule has 0 saturated heterocycles. The van der Waals surface area contributed by atoms with Gasteiger partial charge in [0.05, 0.1) is 24.9 Å². The van der Waals surface area contributed by atoms with E-state index >= 15 is 0 Å². The lowest BCUT2D eigenvalue weighted by Crippen LogP contribution is -2.12. The molecule has 0 saturated carbocycles. The van der Waals surface area contributed by atoms with Crippen molar-refractivity contribution in [3.63, 3.8) is 0 Å². The molecule has 3 aromatic rings. The van der Waals surface area contributed by atoms with E-state index in [-0.39, 0.29) is 6.61 Å². The molecule has 0 aliphatic rings. The molecule has 0 aliphatic carbocycles. The molecule has 0 bridgehead atoms. The molecule has 136 valence electrons. The van der Waals surface area contributed by atoms with Gasteiger partial charge in [0, 0.05) is 12.1 Å². The van der Waals surface area contributed by atoms with Crippen molar-refractivity contribution in [2.45, 2.75) is 19.7 Å². The average molecular weight is 376 g/mol. The van der Waals surface area contributed by atoms with Crippen LogP contribution in [0.5, 0.6) is 11.5 Å². The number of ether oxygens (including phenoxy) is 2. The van der Waals surface area contributed by atoms with Gasteiger partial charge in [0.15, 0.2) is 11.5 Å². The summed E-state index contributed by atoms with van der Waals surface area (Å²) in [5.74, 6) is 1.59. The van der Waals surface area contributed by atoms with E-state index in [1.165, 1.54) is 6.07 Å². The minimum absolute atomic E-state index is 0.0258. The van der Waals surface area contributed by atoms with E-state index < -0.39 is 5.82 Å². The molecule has 1 heterocycles. The minimum Gasteiger partial charge on any atom is -0.493 e. The summed E-state index contributed by atoms with van der Waals surface area (Å²) in [6.45, 7) is 1.31. The number of rotatable bonds is 8. The molecule has 0 atom stereocenters. The maximum Gasteiger partial charge on any atom is 0.161 e. The van der Waals surface area contributed by atoms with Gasteiger partial charge < -0.3 is 19.2 Å². The normalized spacial score (nSPS) is 10.7. The molecule has 0 unspecified atom stereocenters. The van der Waals surface area contributed by atoms with Crippen LogP contribution in [0.1, 0.15) is 16.9 Å². The predicted octanol–water partition coefficient (Wildman–Crippen LogP) is 4.95. The molecule has 0 spiro atoms. The first-order valence-electron chi connectivity index (χ1n) is 8.13. The molecule has 1 aromatic heterocycles. The highest BCUT2D eigenvalue weighted by Gasteiger charge is 2.11. The highest BCUT2D eigenvalue weighted by Crippen LogP contribution is 2.30. The van der Waals surface area contributed by atoms with E-state index in [4.69, 9.17) is 25.5 Å². The van der Waals surface area contributed by atoms with E-state index in [0.29, 0.717) is 35.2 Å². The number of hydrogen-bond donors (Lipinski definition) is 1. The van der Waals surface area contributed by atoms with Crippen molar-refractivity contribution in [3.05, 3.63) is 82.5 Å². The number of nitrogens with one attached hydrogen (secondary N) is 1. The molecule has 0 aliphatic heterocycles. The van der Waals surface area contributed by atoms with Crippen LogP contribution in [0.15, 0.2) is 59.2 Å². The fraction of sp³-hybridized carbons (Fsp3) is 0.200. The summed E-state index contributed by atoms with van der Waals surface area (Å²) < 4.78 is 30.2. The Kier molecular flexibility index (Phi) is 6.15. The summed E-state index contributed by atoms with van der Waals surface area (Å²) >= 11 is 6.03. The second-order valence-corrected chi connectivity index (χ2v) is 6.06. The first kappa shape index (κ1) is 18.3. The number of hydrogen-bond acceptors (Lipinski definition) is 4. The Labute approximate surface area is 156 Å². The molecular formula is C20H19ClFNO3. The van der Waals surface area contributed by atoms with Crippen molar-refractivity contribution in [1.29, 1.82) is 0 Å². The maximum absolute atomic E-state index is 13.8. The van der Waals surface area contributed by atoms with Crippen LogP contribution >= 0.6 is 11.6 Å². The molecular weight excluding hydrogens is 357 g/mol. The predicted molar refractivity (Wildman–Crippen MR) is 98.0 cm³/mol. The molecule has 4 nitrogen and oxygen atoms in total. The van der Waals surface area contributed by atoms with Gasteiger partial charge in [-0.3, -0.25) is 0 Å². The smallest absolute Gasteiger partial charge is 0.161 e. The van der Waals surface area contributed by atoms with E-state index in [1.54, 1.807) is 31.6 Å². The van der Waals surface area contributed by atoms with Crippen LogP contribution in [0.4, 0.5) is 4.39 Å². The minimum atomic E-state index is -0.393. The van der Waals surface area contributed by atoms with Gasteiger partial charge in [-0.1, -0.05) is 23.7 Å². The summed E-state index contributed by atoms with van der Waals surface area (Å²) in [7, 11) is 1.57. The van der Waals surface area contributed by atoms with Gasteiger partial charge in [0.25, 0.3) is 0 Å². The lowest BCUT2D eigenvalue weighted by molar-refractivity contribution is 0.279. The Morgan fingerprint density at radius 1 is 1.08 bits per heavy atom. The van der Waals surface area contributed by atoms with Crippen LogP contribution in [0.25, 0.3) is 0 Å². The molecule has 0 fully saturated rings. The molecule has 1 N–H and O–H groups in total. The Morgan fingerprint density at radius 2 is 1.96 bits per heavy atom. The summed E-state index contributed by atoms with van der Waals surface area (Å²) in [6, 6.07) is 13.9. The zero-order valence-corrected chi connectivity index (χ0v) is 15.1. The highest BCUT2D eigenvalue weighted by atomic mass is 35.5. The number of furan rings is 1. The number of benzene rings is 2. The highest BCUT2D eigenvalue weighted by molar-refractivity contribution is 6.31. The van der Waals surface area contributed by atoms with Crippen molar-refractivity contribution in [1.82, 2.24) is 5.32 Å². The SMILES string of the molecule is COc1cc(CNCc2ccco2)ccc1OCc1c(F)cccc1Cl. The van der Waals surface area contributed by atoms with E-state index in [9.17, 15) is 4.39 Å². The van der Waals surface area contributed by atoms with Gasteiger partial charge in [0.2, 0.25) is 0 Å². The Balaban J connectivity index is 1.63. The summed E-state index contributed by atoms with van der Waals surface area (Å²) in [5, 5.41) is 3.63. The second kappa shape index (κ2) is 8.74. The zero-order chi connectivity index (χ0) is 18.4. The monoisotopic (exact) mass is 375 g/mol. The molecule has 0 radical (unpaired) electrons. The summed E-state index contributed by atoms with van der Waals surface area (Å²) in [5.41, 5.74) is 1.35. The van der Waals surface area contributed by atoms with Gasteiger partial charge in [-0.15, -0.1) is 0 Å². The third-order valence-corrected chi connectivity index (χ3v) is 4.22. The van der Waals surface area contributed by atoms with Gasteiger partial charge >= 0.3 is 0 Å². The van der Waals surface area contributed by atoms with Crippen molar-refractivity contribution >= 4 is 11.6 Å². The number of methoxy groups -OCH3 is 1. The van der Waals surface area contributed by atoms with Gasteiger partial charge in [0.1, 0.15) is 18.2 Å². The average Bonchev–Trinajstić information content (AvgIpc) is 3.15. The van der Waals surface area contributed by atoms with Crippen LogP contribution in [0.3, 0.4) is 0 Å². The topological polar surface area (TPSA) is 43.6 Å². The van der Waals surface area contributed by atoms with Gasteiger partial charge in [-0.2, -0.15) is 0 Å². The molecule has 6 heteroatoms. The van der Waals surface area contributed by atoms with Crippen LogP contribution in [-0.4, -0.2) is 7.11 Å². The third-order valence-electron chi connectivity index (χ3n) is 3.87. The molecule has 3 rings (SSSR count). The second-order valence-electron chi connectivity index (χ2n) is 5.66. The standard InChI is InChI=1S/C20H19ClFNO3/c1-24-20-10-14(11-23-12-15-4-3-9-25-15)7-8-19(20)26-13-16-17(21)5-2-6-18(16)22/h2-10,23H,11-13H2,1H3. The summed E-state index contributed by atoms with van der Waals surface area (Å²) in [6.07, 6.45) is 1.65. The van der Waals surface area contributed by atoms with Crippen LogP contribution < -0.4 is 14.8 Å². The van der Waals surface area contributed by atoms with Gasteiger partial charge in [-0.25, -0.2) is 4.39 Å². The Bertz CT molecular complexity index is 832. The van der Waals surface area contributed by atoms with Gasteiger partial charge in [-0.05, 0) is 42.0 Å². The van der Waals surface area contributed by atoms with E-state index in [2.05, 4.69) is 5.32 Å². The first-order chi connectivity index (χ1) is 12.7. The summed E-state index contributed by atoms with van der Waals surface area (Å²) in [4.78, 5) is 0. The largest absolute Gasteiger partial charge is 0.493 e. The maximum atomic E-state index is 13.8. The van der Waals surface area contributed by atoms with Crippen molar-refractivity contribution in [2.24, 2.45) is 0 Å². The zero-order valence-electron chi connectivity index (χ0n) is 14.3. The quantitative estimate of drug-likeness (QED) is 0.605. The van der Waals surface area contributed by atoms with E-state index in [1.807, 2.05) is 24.3 Å². The Hall–Kier alpha value is -2.50. The fourth-order valence-electron chi connectivity index (χ4n) is 2.50. The van der Waals surface area contributed by atoms with E-state index in [0.717, 1.165) is 11.3 Å². The molecule has 0 amide bonds. The van der Waals surface area contributed by atoms with Crippen molar-refractivity contribution < 1.29 is 18.3 Å². The van der Waals surface area contributed by atoms with Crippen LogP contribution in [0, 0.1) is 5.82 Å². The fourth-order valence-corrected chi connectivity index (χ4v) is 2.72. The third kappa shape index (κ3) is 4.56. The van der Waals surface area contributed by atoms with Crippen LogP contribution in [0.2, 0.25) is 5.02 Å². The van der Waals surface area contributed by atoms with Crippen molar-refractivity contribution in [3.8, 4) is 11.5 Å².